The average Bonchev–Trinajstić information content (AvgIpc) is 2.85. The number of alkyl halides is 6. The van der Waals surface area contributed by atoms with E-state index in [0.29, 0.717) is 5.56 Å². The average molecular weight is 468 g/mol. The van der Waals surface area contributed by atoms with Gasteiger partial charge in [-0.25, -0.2) is 19.0 Å². The van der Waals surface area contributed by atoms with Crippen molar-refractivity contribution >= 4 is 11.9 Å². The standard InChI is InChI=1S/C18H11F7N2O5/c19-11-4-1-9(2-5-11)12-6-3-10-7-26-8-16(30-13(10)27-12,31-14(28)17(20,21)22)32-15(29)18(23,24)25/h1-6,26H,7-8H2. The molecular formula is C18H11F7N2O5. The molecule has 0 atom stereocenters. The van der Waals surface area contributed by atoms with E-state index in [1.165, 1.54) is 24.3 Å². The summed E-state index contributed by atoms with van der Waals surface area (Å²) in [5, 5.41) is 2.37. The van der Waals surface area contributed by atoms with Crippen molar-refractivity contribution < 1.29 is 54.5 Å². The lowest BCUT2D eigenvalue weighted by atomic mass is 10.1. The van der Waals surface area contributed by atoms with Crippen molar-refractivity contribution in [2.24, 2.45) is 0 Å². The van der Waals surface area contributed by atoms with Crippen LogP contribution in [0.1, 0.15) is 5.56 Å². The van der Waals surface area contributed by atoms with E-state index in [0.717, 1.165) is 12.1 Å². The van der Waals surface area contributed by atoms with Gasteiger partial charge in [-0.3, -0.25) is 0 Å². The zero-order valence-electron chi connectivity index (χ0n) is 15.5. The summed E-state index contributed by atoms with van der Waals surface area (Å²) in [7, 11) is 0. The molecule has 1 aromatic carbocycles. The Balaban J connectivity index is 2.02. The molecule has 14 heteroatoms. The summed E-state index contributed by atoms with van der Waals surface area (Å²) in [5.41, 5.74) is 0.535. The lowest BCUT2D eigenvalue weighted by Gasteiger charge is -2.31. The molecule has 2 heterocycles. The zero-order chi connectivity index (χ0) is 23.7. The Labute approximate surface area is 174 Å². The largest absolute Gasteiger partial charge is 0.491 e. The van der Waals surface area contributed by atoms with E-state index in [4.69, 9.17) is 4.74 Å². The number of pyridine rings is 1. The van der Waals surface area contributed by atoms with Crippen LogP contribution in [0.15, 0.2) is 36.4 Å². The van der Waals surface area contributed by atoms with Gasteiger partial charge < -0.3 is 19.5 Å². The number of fused-ring (bicyclic) bond motifs is 1. The maximum atomic E-state index is 13.1. The summed E-state index contributed by atoms with van der Waals surface area (Å²) in [5.74, 6) is -10.6. The topological polar surface area (TPSA) is 86.8 Å². The molecule has 0 saturated heterocycles. The van der Waals surface area contributed by atoms with Gasteiger partial charge in [0.05, 0.1) is 5.69 Å². The van der Waals surface area contributed by atoms with E-state index in [-0.39, 0.29) is 17.8 Å². The van der Waals surface area contributed by atoms with Gasteiger partial charge in [0.1, 0.15) is 12.4 Å². The smallest absolute Gasteiger partial charge is 0.401 e. The molecule has 0 bridgehead atoms. The first-order valence-corrected chi connectivity index (χ1v) is 8.55. The molecule has 1 N–H and O–H groups in total. The second-order valence-electron chi connectivity index (χ2n) is 6.33. The Kier molecular flexibility index (Phi) is 6.00. The lowest BCUT2D eigenvalue weighted by molar-refractivity contribution is -0.331. The third-order valence-corrected chi connectivity index (χ3v) is 3.95. The molecule has 0 amide bonds. The fourth-order valence-electron chi connectivity index (χ4n) is 2.54. The van der Waals surface area contributed by atoms with Gasteiger partial charge in [-0.15, -0.1) is 0 Å². The molecule has 32 heavy (non-hydrogen) atoms. The SMILES string of the molecule is O=C(OC1(OC(=O)C(F)(F)F)CNCc2ccc(-c3ccc(F)cc3)nc2O1)C(F)(F)F. The van der Waals surface area contributed by atoms with Crippen molar-refractivity contribution in [1.29, 1.82) is 0 Å². The summed E-state index contributed by atoms with van der Waals surface area (Å²) >= 11 is 0. The molecule has 3 rings (SSSR count). The van der Waals surface area contributed by atoms with Crippen LogP contribution in [0.4, 0.5) is 30.7 Å². The van der Waals surface area contributed by atoms with Crippen LogP contribution in [0.25, 0.3) is 11.3 Å². The van der Waals surface area contributed by atoms with Gasteiger partial charge in [0, 0.05) is 17.7 Å². The quantitative estimate of drug-likeness (QED) is 0.421. The van der Waals surface area contributed by atoms with Gasteiger partial charge in [-0.05, 0) is 30.3 Å². The maximum absolute atomic E-state index is 13.1. The molecule has 1 aliphatic rings. The predicted octanol–water partition coefficient (Wildman–Crippen LogP) is 3.23. The predicted molar refractivity (Wildman–Crippen MR) is 89.0 cm³/mol. The van der Waals surface area contributed by atoms with Gasteiger partial charge in [0.15, 0.2) is 0 Å². The Hall–Kier alpha value is -3.42. The molecule has 2 aromatic rings. The molecule has 172 valence electrons. The van der Waals surface area contributed by atoms with E-state index in [9.17, 15) is 40.3 Å². The first-order valence-electron chi connectivity index (χ1n) is 8.55. The molecule has 0 saturated carbocycles. The fourth-order valence-corrected chi connectivity index (χ4v) is 2.54. The van der Waals surface area contributed by atoms with Gasteiger partial charge in [0.2, 0.25) is 5.88 Å². The van der Waals surface area contributed by atoms with Gasteiger partial charge in [0.25, 0.3) is 0 Å². The van der Waals surface area contributed by atoms with E-state index in [2.05, 4.69) is 19.8 Å². The highest BCUT2D eigenvalue weighted by Crippen LogP contribution is 2.33. The minimum absolute atomic E-state index is 0.0869. The number of hydrogen-bond acceptors (Lipinski definition) is 7. The normalized spacial score (nSPS) is 15.7. The Morgan fingerprint density at radius 2 is 1.50 bits per heavy atom. The van der Waals surface area contributed by atoms with Crippen molar-refractivity contribution in [3.8, 4) is 17.1 Å². The number of hydrogen-bond donors (Lipinski definition) is 1. The van der Waals surface area contributed by atoms with Gasteiger partial charge in [-0.2, -0.15) is 26.3 Å². The van der Waals surface area contributed by atoms with Crippen molar-refractivity contribution in [3.05, 3.63) is 47.8 Å². The number of halogens is 7. The van der Waals surface area contributed by atoms with E-state index in [1.807, 2.05) is 0 Å². The molecule has 7 nitrogen and oxygen atoms in total. The van der Waals surface area contributed by atoms with Crippen LogP contribution < -0.4 is 10.1 Å². The number of rotatable bonds is 3. The van der Waals surface area contributed by atoms with Crippen molar-refractivity contribution in [3.63, 3.8) is 0 Å². The highest BCUT2D eigenvalue weighted by Gasteiger charge is 2.55. The Bertz CT molecular complexity index is 994. The molecule has 0 fully saturated rings. The first-order chi connectivity index (χ1) is 14.8. The van der Waals surface area contributed by atoms with Crippen LogP contribution in [0.5, 0.6) is 5.88 Å². The van der Waals surface area contributed by atoms with Crippen LogP contribution in [-0.2, 0) is 25.6 Å². The van der Waals surface area contributed by atoms with Crippen LogP contribution in [0, 0.1) is 5.82 Å². The summed E-state index contributed by atoms with van der Waals surface area (Å²) in [6, 6.07) is 7.57. The summed E-state index contributed by atoms with van der Waals surface area (Å²) in [6.45, 7) is -1.29. The molecule has 1 aliphatic heterocycles. The number of carbonyl (C=O) groups is 2. The second kappa shape index (κ2) is 8.26. The van der Waals surface area contributed by atoms with Crippen molar-refractivity contribution in [2.45, 2.75) is 24.9 Å². The Morgan fingerprint density at radius 3 is 2.03 bits per heavy atom. The molecule has 1 aromatic heterocycles. The molecular weight excluding hydrogens is 457 g/mol. The van der Waals surface area contributed by atoms with Crippen molar-refractivity contribution in [2.75, 3.05) is 6.54 Å². The van der Waals surface area contributed by atoms with Gasteiger partial charge >= 0.3 is 30.3 Å². The van der Waals surface area contributed by atoms with E-state index < -0.39 is 48.5 Å². The van der Waals surface area contributed by atoms with Crippen LogP contribution in [0.2, 0.25) is 0 Å². The number of nitrogens with one attached hydrogen (secondary N) is 1. The van der Waals surface area contributed by atoms with E-state index in [1.54, 1.807) is 0 Å². The molecule has 0 radical (unpaired) electrons. The van der Waals surface area contributed by atoms with E-state index >= 15 is 0 Å². The highest BCUT2D eigenvalue weighted by molar-refractivity contribution is 5.78. The van der Waals surface area contributed by atoms with Crippen LogP contribution in [0.3, 0.4) is 0 Å². The Morgan fingerprint density at radius 1 is 0.938 bits per heavy atom. The molecule has 0 spiro atoms. The third-order valence-electron chi connectivity index (χ3n) is 3.95. The number of esters is 2. The lowest BCUT2D eigenvalue weighted by Crippen LogP contribution is -2.55. The number of benzene rings is 1. The van der Waals surface area contributed by atoms with Crippen LogP contribution in [-0.4, -0.2) is 41.8 Å². The monoisotopic (exact) mass is 468 g/mol. The molecule has 0 aliphatic carbocycles. The minimum Gasteiger partial charge on any atom is -0.401 e. The number of aromatic nitrogens is 1. The third kappa shape index (κ3) is 5.25. The maximum Gasteiger partial charge on any atom is 0.491 e. The van der Waals surface area contributed by atoms with Crippen LogP contribution >= 0.6 is 0 Å². The number of nitrogens with zero attached hydrogens (tertiary/aromatic N) is 1. The first kappa shape index (κ1) is 23.2. The second-order valence-corrected chi connectivity index (χ2v) is 6.33. The van der Waals surface area contributed by atoms with Gasteiger partial charge in [-0.1, -0.05) is 6.07 Å². The number of ether oxygens (including phenoxy) is 3. The van der Waals surface area contributed by atoms with Crippen molar-refractivity contribution in [1.82, 2.24) is 10.3 Å². The highest BCUT2D eigenvalue weighted by atomic mass is 19.4. The fraction of sp³-hybridized carbons (Fsp3) is 0.278. The zero-order valence-corrected chi connectivity index (χ0v) is 15.5. The summed E-state index contributed by atoms with van der Waals surface area (Å²) < 4.78 is 102. The molecule has 0 unspecified atom stereocenters. The number of carbonyl (C=O) groups excluding carboxylic acids is 2. The minimum atomic E-state index is -5.64. The summed E-state index contributed by atoms with van der Waals surface area (Å²) in [4.78, 5) is 26.6. The summed E-state index contributed by atoms with van der Waals surface area (Å²) in [6.07, 6.45) is -11.3.